The fourth-order valence-corrected chi connectivity index (χ4v) is 3.00. The van der Waals surface area contributed by atoms with Crippen molar-refractivity contribution in [1.82, 2.24) is 10.6 Å². The minimum atomic E-state index is -0.270. The number of hydrogen-bond acceptors (Lipinski definition) is 2. The maximum atomic E-state index is 12.5. The lowest BCUT2D eigenvalue weighted by Crippen LogP contribution is -2.37. The Bertz CT molecular complexity index is 538. The summed E-state index contributed by atoms with van der Waals surface area (Å²) in [7, 11) is 0. The van der Waals surface area contributed by atoms with Crippen LogP contribution in [-0.4, -0.2) is 25.5 Å². The third-order valence-corrected chi connectivity index (χ3v) is 4.74. The molecule has 1 aliphatic heterocycles. The second-order valence-electron chi connectivity index (χ2n) is 5.59. The van der Waals surface area contributed by atoms with Crippen LogP contribution in [0.25, 0.3) is 0 Å². The van der Waals surface area contributed by atoms with Crippen molar-refractivity contribution in [2.24, 2.45) is 0 Å². The molecule has 1 heterocycles. The number of nitrogens with one attached hydrogen (secondary N) is 2. The van der Waals surface area contributed by atoms with Gasteiger partial charge in [0.1, 0.15) is 0 Å². The predicted molar refractivity (Wildman–Crippen MR) is 90.9 cm³/mol. The van der Waals surface area contributed by atoms with Crippen LogP contribution in [0.4, 0.5) is 0 Å². The molecule has 1 aromatic carbocycles. The van der Waals surface area contributed by atoms with Crippen molar-refractivity contribution < 1.29 is 4.79 Å². The Morgan fingerprint density at radius 3 is 2.57 bits per heavy atom. The first-order valence-electron chi connectivity index (χ1n) is 7.14. The van der Waals surface area contributed by atoms with E-state index < -0.39 is 0 Å². The van der Waals surface area contributed by atoms with Gasteiger partial charge in [0.15, 0.2) is 0 Å². The Kier molecular flexibility index (Phi) is 5.47. The Morgan fingerprint density at radius 2 is 2.00 bits per heavy atom. The number of benzene rings is 1. The first-order chi connectivity index (χ1) is 9.71. The smallest absolute Gasteiger partial charge is 0.230 e. The van der Waals surface area contributed by atoms with Gasteiger partial charge in [-0.05, 0) is 43.5 Å². The highest BCUT2D eigenvalue weighted by molar-refractivity contribution is 9.10. The molecule has 0 bridgehead atoms. The zero-order chi connectivity index (χ0) is 14.0. The lowest BCUT2D eigenvalue weighted by Gasteiger charge is -2.18. The van der Waals surface area contributed by atoms with Gasteiger partial charge in [-0.2, -0.15) is 0 Å². The molecule has 0 spiro atoms. The summed E-state index contributed by atoms with van der Waals surface area (Å²) in [5.41, 5.74) is 2.20. The molecule has 1 amide bonds. The van der Waals surface area contributed by atoms with Gasteiger partial charge in [-0.3, -0.25) is 4.79 Å². The van der Waals surface area contributed by atoms with Crippen molar-refractivity contribution in [2.45, 2.75) is 24.7 Å². The summed E-state index contributed by atoms with van der Waals surface area (Å²) in [6.07, 6.45) is 5.14. The maximum Gasteiger partial charge on any atom is 0.230 e. The van der Waals surface area contributed by atoms with Crippen LogP contribution in [-0.2, 0) is 10.2 Å². The highest BCUT2D eigenvalue weighted by atomic mass is 79.9. The van der Waals surface area contributed by atoms with Gasteiger partial charge in [0.05, 0.1) is 5.41 Å². The quantitative estimate of drug-likeness (QED) is 0.799. The number of hydrogen-bond donors (Lipinski definition) is 2. The summed E-state index contributed by atoms with van der Waals surface area (Å²) in [6, 6.07) is 8.14. The third kappa shape index (κ3) is 3.68. The molecule has 0 saturated heterocycles. The van der Waals surface area contributed by atoms with E-state index in [1.807, 2.05) is 12.1 Å². The van der Waals surface area contributed by atoms with Crippen LogP contribution in [0.15, 0.2) is 40.4 Å². The number of rotatable bonds is 4. The van der Waals surface area contributed by atoms with E-state index in [0.717, 1.165) is 42.4 Å². The molecule has 0 radical (unpaired) electrons. The average molecular weight is 372 g/mol. The molecule has 0 atom stereocenters. The zero-order valence-electron chi connectivity index (χ0n) is 11.8. The minimum absolute atomic E-state index is 0. The standard InChI is InChI=1S/C16H19BrN2O.ClH/c17-14-3-1-13(2-4-14)16(7-8-16)15(20)19-11-12-5-9-18-10-6-12;/h1-5,18H,6-11H2,(H,19,20);1H. The molecule has 1 saturated carbocycles. The summed E-state index contributed by atoms with van der Waals surface area (Å²) in [5, 5.41) is 6.40. The molecular weight excluding hydrogens is 352 g/mol. The van der Waals surface area contributed by atoms with Gasteiger partial charge < -0.3 is 10.6 Å². The van der Waals surface area contributed by atoms with Gasteiger partial charge in [-0.15, -0.1) is 12.4 Å². The Labute approximate surface area is 140 Å². The topological polar surface area (TPSA) is 41.1 Å². The Hall–Kier alpha value is -0.840. The van der Waals surface area contributed by atoms with Crippen LogP contribution in [0.5, 0.6) is 0 Å². The van der Waals surface area contributed by atoms with E-state index in [9.17, 15) is 4.79 Å². The van der Waals surface area contributed by atoms with E-state index in [4.69, 9.17) is 0 Å². The largest absolute Gasteiger partial charge is 0.352 e. The van der Waals surface area contributed by atoms with Crippen molar-refractivity contribution in [3.63, 3.8) is 0 Å². The summed E-state index contributed by atoms with van der Waals surface area (Å²) < 4.78 is 1.05. The lowest BCUT2D eigenvalue weighted by atomic mass is 9.95. The van der Waals surface area contributed by atoms with Crippen LogP contribution in [0, 0.1) is 0 Å². The lowest BCUT2D eigenvalue weighted by molar-refractivity contribution is -0.123. The van der Waals surface area contributed by atoms with Gasteiger partial charge in [-0.25, -0.2) is 0 Å². The first kappa shape index (κ1) is 16.5. The van der Waals surface area contributed by atoms with Crippen LogP contribution in [0.3, 0.4) is 0 Å². The molecule has 1 aromatic rings. The molecule has 0 unspecified atom stereocenters. The molecule has 2 N–H and O–H groups in total. The molecule has 1 fully saturated rings. The summed E-state index contributed by atoms with van der Waals surface area (Å²) in [6.45, 7) is 2.63. The van der Waals surface area contributed by atoms with E-state index in [1.54, 1.807) is 0 Å². The number of amides is 1. The first-order valence-corrected chi connectivity index (χ1v) is 7.93. The highest BCUT2D eigenvalue weighted by Gasteiger charge is 2.51. The third-order valence-electron chi connectivity index (χ3n) is 4.22. The van der Waals surface area contributed by atoms with Crippen molar-refractivity contribution in [2.75, 3.05) is 19.6 Å². The van der Waals surface area contributed by atoms with Crippen LogP contribution in [0.1, 0.15) is 24.8 Å². The van der Waals surface area contributed by atoms with Gasteiger partial charge in [0.25, 0.3) is 0 Å². The Morgan fingerprint density at radius 1 is 1.29 bits per heavy atom. The molecule has 21 heavy (non-hydrogen) atoms. The molecule has 1 aliphatic carbocycles. The van der Waals surface area contributed by atoms with E-state index in [1.165, 1.54) is 5.57 Å². The molecule has 0 aromatic heterocycles. The summed E-state index contributed by atoms with van der Waals surface area (Å²) >= 11 is 3.44. The van der Waals surface area contributed by atoms with Gasteiger partial charge >= 0.3 is 0 Å². The minimum Gasteiger partial charge on any atom is -0.352 e. The van der Waals surface area contributed by atoms with E-state index in [0.29, 0.717) is 6.54 Å². The van der Waals surface area contributed by atoms with Crippen molar-refractivity contribution >= 4 is 34.2 Å². The maximum absolute atomic E-state index is 12.5. The summed E-state index contributed by atoms with van der Waals surface area (Å²) in [4.78, 5) is 12.5. The average Bonchev–Trinajstić information content (AvgIpc) is 3.28. The normalized spacial score (nSPS) is 19.2. The molecule has 114 valence electrons. The van der Waals surface area contributed by atoms with Crippen molar-refractivity contribution in [3.8, 4) is 0 Å². The van der Waals surface area contributed by atoms with Crippen LogP contribution < -0.4 is 10.6 Å². The molecule has 5 heteroatoms. The number of carbonyl (C=O) groups is 1. The number of halogens is 2. The van der Waals surface area contributed by atoms with E-state index in [-0.39, 0.29) is 23.7 Å². The van der Waals surface area contributed by atoms with Gasteiger partial charge in [0, 0.05) is 17.6 Å². The molecule has 2 aliphatic rings. The second kappa shape index (κ2) is 6.95. The monoisotopic (exact) mass is 370 g/mol. The fourth-order valence-electron chi connectivity index (χ4n) is 2.73. The van der Waals surface area contributed by atoms with Gasteiger partial charge in [0.2, 0.25) is 5.91 Å². The zero-order valence-corrected chi connectivity index (χ0v) is 14.2. The van der Waals surface area contributed by atoms with E-state index in [2.05, 4.69) is 44.8 Å². The molecular formula is C16H20BrClN2O. The van der Waals surface area contributed by atoms with Gasteiger partial charge in [-0.1, -0.05) is 39.7 Å². The second-order valence-corrected chi connectivity index (χ2v) is 6.50. The Balaban J connectivity index is 0.00000161. The molecule has 3 nitrogen and oxygen atoms in total. The van der Waals surface area contributed by atoms with Crippen LogP contribution >= 0.6 is 28.3 Å². The summed E-state index contributed by atoms with van der Waals surface area (Å²) in [5.74, 6) is 0.180. The van der Waals surface area contributed by atoms with Crippen LogP contribution in [0.2, 0.25) is 0 Å². The van der Waals surface area contributed by atoms with Crippen molar-refractivity contribution in [3.05, 3.63) is 46.0 Å². The number of carbonyl (C=O) groups excluding carboxylic acids is 1. The SMILES string of the molecule is Cl.O=C(NCC1=CCNCC1)C1(c2ccc(Br)cc2)CC1. The fraction of sp³-hybridized carbons (Fsp3) is 0.438. The van der Waals surface area contributed by atoms with Crippen molar-refractivity contribution in [1.29, 1.82) is 0 Å². The predicted octanol–water partition coefficient (Wildman–Crippen LogP) is 2.94. The highest BCUT2D eigenvalue weighted by Crippen LogP contribution is 2.48. The van der Waals surface area contributed by atoms with E-state index >= 15 is 0 Å². The molecule has 3 rings (SSSR count).